The van der Waals surface area contributed by atoms with Crippen LogP contribution in [-0.4, -0.2) is 63.8 Å². The SMILES string of the molecule is O=C(O)[C@H](Cc1cnc[nH]1)NC(=O)[C@@H]1CC(S(=O)(=O)O)CN1. The van der Waals surface area contributed by atoms with Crippen LogP contribution in [0, 0.1) is 0 Å². The first-order valence-corrected chi connectivity index (χ1v) is 7.98. The zero-order valence-corrected chi connectivity index (χ0v) is 12.2. The van der Waals surface area contributed by atoms with Crippen LogP contribution >= 0.6 is 0 Å². The number of hydrogen-bond donors (Lipinski definition) is 5. The van der Waals surface area contributed by atoms with E-state index >= 15 is 0 Å². The predicted molar refractivity (Wildman–Crippen MR) is 73.6 cm³/mol. The van der Waals surface area contributed by atoms with Crippen LogP contribution < -0.4 is 10.6 Å². The molecule has 1 aliphatic heterocycles. The van der Waals surface area contributed by atoms with Gasteiger partial charge in [-0.15, -0.1) is 0 Å². The van der Waals surface area contributed by atoms with Gasteiger partial charge in [0.25, 0.3) is 10.1 Å². The molecule has 2 heterocycles. The van der Waals surface area contributed by atoms with Gasteiger partial charge in [0.1, 0.15) is 11.3 Å². The fraction of sp³-hybridized carbons (Fsp3) is 0.545. The first-order valence-electron chi connectivity index (χ1n) is 6.47. The molecule has 2 rings (SSSR count). The smallest absolute Gasteiger partial charge is 0.326 e. The van der Waals surface area contributed by atoms with Crippen LogP contribution in [0.5, 0.6) is 0 Å². The maximum absolute atomic E-state index is 12.0. The summed E-state index contributed by atoms with van der Waals surface area (Å²) < 4.78 is 31.0. The summed E-state index contributed by atoms with van der Waals surface area (Å²) in [5.41, 5.74) is 0.544. The van der Waals surface area contributed by atoms with E-state index in [1.807, 2.05) is 0 Å². The fourth-order valence-corrected chi connectivity index (χ4v) is 2.96. The van der Waals surface area contributed by atoms with Crippen molar-refractivity contribution in [1.82, 2.24) is 20.6 Å². The number of carbonyl (C=O) groups is 2. The van der Waals surface area contributed by atoms with Gasteiger partial charge in [0, 0.05) is 24.9 Å². The molecule has 0 aliphatic carbocycles. The Labute approximate surface area is 126 Å². The molecule has 0 radical (unpaired) electrons. The number of aromatic amines is 1. The highest BCUT2D eigenvalue weighted by Crippen LogP contribution is 2.14. The molecule has 1 unspecified atom stereocenters. The van der Waals surface area contributed by atoms with Gasteiger partial charge in [0.05, 0.1) is 12.4 Å². The maximum Gasteiger partial charge on any atom is 0.326 e. The Bertz CT molecular complexity index is 644. The first kappa shape index (κ1) is 16.4. The fourth-order valence-electron chi connectivity index (χ4n) is 2.22. The van der Waals surface area contributed by atoms with Crippen LogP contribution in [0.15, 0.2) is 12.5 Å². The number of carboxylic acids is 1. The van der Waals surface area contributed by atoms with Gasteiger partial charge < -0.3 is 20.7 Å². The number of carboxylic acid groups (broad SMARTS) is 1. The van der Waals surface area contributed by atoms with Crippen LogP contribution in [0.1, 0.15) is 12.1 Å². The van der Waals surface area contributed by atoms with Gasteiger partial charge >= 0.3 is 5.97 Å². The van der Waals surface area contributed by atoms with Crippen LogP contribution in [0.3, 0.4) is 0 Å². The third-order valence-corrected chi connectivity index (χ3v) is 4.62. The first-order chi connectivity index (χ1) is 10.3. The summed E-state index contributed by atoms with van der Waals surface area (Å²) in [5.74, 6) is -1.84. The molecule has 1 aromatic heterocycles. The van der Waals surface area contributed by atoms with E-state index in [2.05, 4.69) is 20.6 Å². The summed E-state index contributed by atoms with van der Waals surface area (Å²) in [6, 6.07) is -2.03. The molecule has 0 spiro atoms. The van der Waals surface area contributed by atoms with Crippen molar-refractivity contribution in [2.75, 3.05) is 6.54 Å². The highest BCUT2D eigenvalue weighted by Gasteiger charge is 2.37. The number of imidazole rings is 1. The van der Waals surface area contributed by atoms with E-state index in [0.29, 0.717) is 5.69 Å². The Morgan fingerprint density at radius 1 is 1.50 bits per heavy atom. The summed E-state index contributed by atoms with van der Waals surface area (Å²) in [7, 11) is -4.23. The van der Waals surface area contributed by atoms with Gasteiger partial charge in [0.15, 0.2) is 0 Å². The van der Waals surface area contributed by atoms with E-state index in [-0.39, 0.29) is 19.4 Å². The lowest BCUT2D eigenvalue weighted by molar-refractivity contribution is -0.142. The number of H-pyrrole nitrogens is 1. The molecule has 0 bridgehead atoms. The van der Waals surface area contributed by atoms with Crippen LogP contribution in [0.25, 0.3) is 0 Å². The molecule has 3 atom stereocenters. The van der Waals surface area contributed by atoms with E-state index in [1.165, 1.54) is 12.5 Å². The third-order valence-electron chi connectivity index (χ3n) is 3.42. The van der Waals surface area contributed by atoms with Crippen molar-refractivity contribution < 1.29 is 27.7 Å². The van der Waals surface area contributed by atoms with Gasteiger partial charge in [-0.3, -0.25) is 9.35 Å². The maximum atomic E-state index is 12.0. The van der Waals surface area contributed by atoms with Gasteiger partial charge in [-0.25, -0.2) is 9.78 Å². The number of carbonyl (C=O) groups excluding carboxylic acids is 1. The van der Waals surface area contributed by atoms with Crippen LogP contribution in [-0.2, 0) is 26.1 Å². The molecule has 22 heavy (non-hydrogen) atoms. The zero-order chi connectivity index (χ0) is 16.3. The molecule has 122 valence electrons. The summed E-state index contributed by atoms with van der Waals surface area (Å²) in [5, 5.41) is 13.1. The number of aliphatic carboxylic acids is 1. The van der Waals surface area contributed by atoms with Crippen molar-refractivity contribution >= 4 is 22.0 Å². The quantitative estimate of drug-likeness (QED) is 0.379. The number of hydrogen-bond acceptors (Lipinski definition) is 6. The van der Waals surface area contributed by atoms with Crippen LogP contribution in [0.4, 0.5) is 0 Å². The topological polar surface area (TPSA) is 161 Å². The lowest BCUT2D eigenvalue weighted by Crippen LogP contribution is -2.49. The van der Waals surface area contributed by atoms with E-state index in [1.54, 1.807) is 0 Å². The highest BCUT2D eigenvalue weighted by molar-refractivity contribution is 7.86. The van der Waals surface area contributed by atoms with Gasteiger partial charge in [0.2, 0.25) is 5.91 Å². The van der Waals surface area contributed by atoms with E-state index in [9.17, 15) is 18.0 Å². The number of aromatic nitrogens is 2. The van der Waals surface area contributed by atoms with Crippen LogP contribution in [0.2, 0.25) is 0 Å². The number of rotatable bonds is 6. The van der Waals surface area contributed by atoms with E-state index in [0.717, 1.165) is 0 Å². The lowest BCUT2D eigenvalue weighted by Gasteiger charge is -2.17. The average Bonchev–Trinajstić information content (AvgIpc) is 3.08. The molecule has 1 fully saturated rings. The second-order valence-corrected chi connectivity index (χ2v) is 6.71. The lowest BCUT2D eigenvalue weighted by atomic mass is 10.1. The molecule has 10 nitrogen and oxygen atoms in total. The normalized spacial score (nSPS) is 23.1. The molecule has 5 N–H and O–H groups in total. The molecule has 11 heteroatoms. The minimum Gasteiger partial charge on any atom is -0.480 e. The molecule has 1 saturated heterocycles. The second kappa shape index (κ2) is 6.42. The molecule has 1 aromatic rings. The van der Waals surface area contributed by atoms with Gasteiger partial charge in [-0.2, -0.15) is 8.42 Å². The molecular weight excluding hydrogens is 316 g/mol. The van der Waals surface area contributed by atoms with Gasteiger partial charge in [-0.1, -0.05) is 0 Å². The summed E-state index contributed by atoms with van der Waals surface area (Å²) in [6.45, 7) is -0.0603. The summed E-state index contributed by atoms with van der Waals surface area (Å²) in [4.78, 5) is 29.7. The largest absolute Gasteiger partial charge is 0.480 e. The minimum absolute atomic E-state index is 0.0233. The standard InChI is InChI=1S/C11H16N4O6S/c16-10(8-2-7(4-13-8)22(19,20)21)15-9(11(17)18)1-6-3-12-5-14-6/h3,5,7-9,13H,1-2,4H2,(H,12,14)(H,15,16)(H,17,18)(H,19,20,21)/t7?,8-,9-/m0/s1. The van der Waals surface area contributed by atoms with Crippen molar-refractivity contribution in [3.8, 4) is 0 Å². The van der Waals surface area contributed by atoms with E-state index in [4.69, 9.17) is 9.66 Å². The molecule has 1 amide bonds. The third kappa shape index (κ3) is 4.02. The van der Waals surface area contributed by atoms with Gasteiger partial charge in [-0.05, 0) is 6.42 Å². The Kier molecular flexibility index (Phi) is 4.78. The average molecular weight is 332 g/mol. The minimum atomic E-state index is -4.23. The Balaban J connectivity index is 1.96. The Hall–Kier alpha value is -1.98. The number of amides is 1. The molecule has 1 aliphatic rings. The van der Waals surface area contributed by atoms with Crippen molar-refractivity contribution in [3.05, 3.63) is 18.2 Å². The van der Waals surface area contributed by atoms with Crippen molar-refractivity contribution in [2.45, 2.75) is 30.2 Å². The molecular formula is C11H16N4O6S. The Morgan fingerprint density at radius 2 is 2.23 bits per heavy atom. The van der Waals surface area contributed by atoms with Crippen molar-refractivity contribution in [3.63, 3.8) is 0 Å². The number of nitrogens with zero attached hydrogens (tertiary/aromatic N) is 1. The predicted octanol–water partition coefficient (Wildman–Crippen LogP) is -1.86. The van der Waals surface area contributed by atoms with Crippen molar-refractivity contribution in [2.24, 2.45) is 0 Å². The Morgan fingerprint density at radius 3 is 2.73 bits per heavy atom. The monoisotopic (exact) mass is 332 g/mol. The summed E-state index contributed by atoms with van der Waals surface area (Å²) >= 11 is 0. The van der Waals surface area contributed by atoms with Crippen molar-refractivity contribution in [1.29, 1.82) is 0 Å². The highest BCUT2D eigenvalue weighted by atomic mass is 32.2. The second-order valence-electron chi connectivity index (χ2n) is 5.01. The molecule has 0 aromatic carbocycles. The summed E-state index contributed by atoms with van der Waals surface area (Å²) in [6.07, 6.45) is 2.76. The number of nitrogens with one attached hydrogen (secondary N) is 3. The molecule has 0 saturated carbocycles. The zero-order valence-electron chi connectivity index (χ0n) is 11.4. The van der Waals surface area contributed by atoms with E-state index < -0.39 is 39.3 Å².